The van der Waals surface area contributed by atoms with Crippen LogP contribution in [0.5, 0.6) is 0 Å². The molecule has 3 aromatic heterocycles. The molecule has 3 N–H and O–H groups in total. The number of nitrogens with zero attached hydrogens (tertiary/aromatic N) is 1. The zero-order valence-electron chi connectivity index (χ0n) is 14.2. The van der Waals surface area contributed by atoms with E-state index in [2.05, 4.69) is 44.4 Å². The van der Waals surface area contributed by atoms with Crippen molar-refractivity contribution in [1.82, 2.24) is 15.5 Å². The molecule has 6 nitrogen and oxygen atoms in total. The van der Waals surface area contributed by atoms with Gasteiger partial charge in [-0.05, 0) is 30.0 Å². The van der Waals surface area contributed by atoms with Gasteiger partial charge in [0.2, 0.25) is 0 Å². The van der Waals surface area contributed by atoms with E-state index in [9.17, 15) is 4.79 Å². The van der Waals surface area contributed by atoms with Crippen LogP contribution in [0.1, 0.15) is 22.1 Å². The van der Waals surface area contributed by atoms with Gasteiger partial charge in [-0.2, -0.15) is 0 Å². The van der Waals surface area contributed by atoms with Gasteiger partial charge >= 0.3 is 6.03 Å². The first kappa shape index (κ1) is 16.4. The van der Waals surface area contributed by atoms with Gasteiger partial charge in [0.25, 0.3) is 0 Å². The minimum Gasteiger partial charge on any atom is -0.361 e. The number of benzene rings is 1. The maximum Gasteiger partial charge on any atom is 0.320 e. The zero-order valence-corrected chi connectivity index (χ0v) is 15.0. The molecule has 7 heteroatoms. The molecule has 1 atom stereocenters. The van der Waals surface area contributed by atoms with Crippen molar-refractivity contribution in [3.05, 3.63) is 70.2 Å². The van der Waals surface area contributed by atoms with Crippen LogP contribution in [0.15, 0.2) is 58.6 Å². The van der Waals surface area contributed by atoms with E-state index >= 15 is 0 Å². The Morgan fingerprint density at radius 3 is 2.96 bits per heavy atom. The van der Waals surface area contributed by atoms with Gasteiger partial charge in [0.1, 0.15) is 5.76 Å². The third-order valence-electron chi connectivity index (χ3n) is 4.22. The molecule has 132 valence electrons. The van der Waals surface area contributed by atoms with E-state index < -0.39 is 0 Å². The number of carbonyl (C=O) groups is 1. The molecule has 1 aromatic carbocycles. The highest BCUT2D eigenvalue weighted by Gasteiger charge is 2.20. The van der Waals surface area contributed by atoms with Crippen molar-refractivity contribution in [2.45, 2.75) is 12.8 Å². The largest absolute Gasteiger partial charge is 0.361 e. The van der Waals surface area contributed by atoms with Crippen molar-refractivity contribution in [3.8, 4) is 0 Å². The van der Waals surface area contributed by atoms with Gasteiger partial charge in [-0.1, -0.05) is 29.4 Å². The van der Waals surface area contributed by atoms with Crippen LogP contribution in [0.2, 0.25) is 0 Å². The van der Waals surface area contributed by atoms with E-state index in [0.29, 0.717) is 18.1 Å². The van der Waals surface area contributed by atoms with Gasteiger partial charge in [0.05, 0.1) is 0 Å². The summed E-state index contributed by atoms with van der Waals surface area (Å²) in [4.78, 5) is 16.7. The Balaban J connectivity index is 1.54. The number of amides is 2. The van der Waals surface area contributed by atoms with Crippen LogP contribution in [-0.4, -0.2) is 22.7 Å². The molecular formula is C19H18N4O2S. The smallest absolute Gasteiger partial charge is 0.320 e. The fourth-order valence-corrected chi connectivity index (χ4v) is 3.86. The van der Waals surface area contributed by atoms with Gasteiger partial charge in [-0.25, -0.2) is 4.79 Å². The average molecular weight is 366 g/mol. The summed E-state index contributed by atoms with van der Waals surface area (Å²) in [6, 6.07) is 13.7. The molecule has 0 aliphatic rings. The molecule has 0 radical (unpaired) electrons. The molecule has 3 heterocycles. The Hall–Kier alpha value is -3.06. The number of carbonyl (C=O) groups excluding carboxylic acids is 1. The number of rotatable bonds is 5. The summed E-state index contributed by atoms with van der Waals surface area (Å²) in [5.74, 6) is 1.12. The first-order chi connectivity index (χ1) is 12.7. The van der Waals surface area contributed by atoms with Gasteiger partial charge in [-0.3, -0.25) is 5.32 Å². The normalized spacial score (nSPS) is 12.2. The number of nitrogens with one attached hydrogen (secondary N) is 3. The van der Waals surface area contributed by atoms with Gasteiger partial charge in [0, 0.05) is 40.5 Å². The molecule has 2 amide bonds. The fraction of sp³-hybridized carbons (Fsp3) is 0.158. The number of fused-ring (bicyclic) bond motifs is 1. The molecule has 0 saturated carbocycles. The predicted molar refractivity (Wildman–Crippen MR) is 103 cm³/mol. The third kappa shape index (κ3) is 3.34. The summed E-state index contributed by atoms with van der Waals surface area (Å²) in [6.45, 7) is 2.25. The number of hydrogen-bond donors (Lipinski definition) is 3. The van der Waals surface area contributed by atoms with Crippen molar-refractivity contribution < 1.29 is 9.32 Å². The van der Waals surface area contributed by atoms with Crippen LogP contribution in [0.4, 0.5) is 10.6 Å². The lowest BCUT2D eigenvalue weighted by Gasteiger charge is -2.16. The second kappa shape index (κ2) is 7.05. The van der Waals surface area contributed by atoms with Crippen LogP contribution < -0.4 is 10.6 Å². The molecule has 0 bridgehead atoms. The van der Waals surface area contributed by atoms with Gasteiger partial charge < -0.3 is 14.8 Å². The average Bonchev–Trinajstić information content (AvgIpc) is 3.37. The van der Waals surface area contributed by atoms with E-state index in [1.165, 1.54) is 15.8 Å². The van der Waals surface area contributed by atoms with Crippen LogP contribution in [-0.2, 0) is 0 Å². The summed E-state index contributed by atoms with van der Waals surface area (Å²) in [6.07, 6.45) is 2.02. The summed E-state index contributed by atoms with van der Waals surface area (Å²) < 4.78 is 4.96. The molecule has 0 unspecified atom stereocenters. The van der Waals surface area contributed by atoms with Crippen molar-refractivity contribution in [2.75, 3.05) is 11.9 Å². The zero-order chi connectivity index (χ0) is 17.9. The number of aromatic nitrogens is 2. The number of H-pyrrole nitrogens is 1. The topological polar surface area (TPSA) is 83.0 Å². The Kier molecular flexibility index (Phi) is 4.45. The third-order valence-corrected chi connectivity index (χ3v) is 5.21. The standard InChI is InChI=1S/C19H18N4O2S/c1-12-9-18(23-25-12)22-19(24)21-11-15(17-7-4-8-26-17)14-10-20-16-6-3-2-5-13(14)16/h2-10,15,20H,11H2,1H3,(H2,21,22,23,24)/t15-/m0/s1. The summed E-state index contributed by atoms with van der Waals surface area (Å²) in [5, 5.41) is 12.6. The monoisotopic (exact) mass is 366 g/mol. The number of urea groups is 1. The van der Waals surface area contributed by atoms with Crippen molar-refractivity contribution in [1.29, 1.82) is 0 Å². The lowest BCUT2D eigenvalue weighted by Crippen LogP contribution is -2.32. The van der Waals surface area contributed by atoms with E-state index in [1.54, 1.807) is 24.3 Å². The Bertz CT molecular complexity index is 1020. The quantitative estimate of drug-likeness (QED) is 0.487. The highest BCUT2D eigenvalue weighted by molar-refractivity contribution is 7.10. The van der Waals surface area contributed by atoms with Crippen LogP contribution in [0, 0.1) is 6.92 Å². The first-order valence-corrected chi connectivity index (χ1v) is 9.16. The molecule has 0 spiro atoms. The SMILES string of the molecule is Cc1cc(NC(=O)NC[C@H](c2cccs2)c2c[nH]c3ccccc23)no1. The predicted octanol–water partition coefficient (Wildman–Crippen LogP) is 4.48. The molecule has 0 fully saturated rings. The first-order valence-electron chi connectivity index (χ1n) is 8.28. The molecule has 0 aliphatic carbocycles. The van der Waals surface area contributed by atoms with E-state index in [0.717, 1.165) is 5.52 Å². The number of aryl methyl sites for hydroxylation is 1. The minimum absolute atomic E-state index is 0.0657. The minimum atomic E-state index is -0.306. The van der Waals surface area contributed by atoms with Crippen LogP contribution in [0.3, 0.4) is 0 Å². The number of para-hydroxylation sites is 1. The molecule has 4 rings (SSSR count). The van der Waals surface area contributed by atoms with Crippen molar-refractivity contribution >= 4 is 34.1 Å². The fourth-order valence-electron chi connectivity index (χ4n) is 3.02. The Morgan fingerprint density at radius 2 is 2.19 bits per heavy atom. The van der Waals surface area contributed by atoms with Crippen molar-refractivity contribution in [3.63, 3.8) is 0 Å². The molecule has 0 aliphatic heterocycles. The summed E-state index contributed by atoms with van der Waals surface area (Å²) in [5.41, 5.74) is 2.26. The molecule has 0 saturated heterocycles. The number of anilines is 1. The lowest BCUT2D eigenvalue weighted by atomic mass is 9.97. The maximum absolute atomic E-state index is 12.2. The number of hydrogen-bond acceptors (Lipinski definition) is 4. The molecule has 26 heavy (non-hydrogen) atoms. The highest BCUT2D eigenvalue weighted by atomic mass is 32.1. The van der Waals surface area contributed by atoms with Crippen LogP contribution in [0.25, 0.3) is 10.9 Å². The second-order valence-electron chi connectivity index (χ2n) is 6.02. The van der Waals surface area contributed by atoms with Crippen LogP contribution >= 0.6 is 11.3 Å². The van der Waals surface area contributed by atoms with Gasteiger partial charge in [-0.15, -0.1) is 11.3 Å². The summed E-state index contributed by atoms with van der Waals surface area (Å²) in [7, 11) is 0. The molecule has 4 aromatic rings. The lowest BCUT2D eigenvalue weighted by molar-refractivity contribution is 0.251. The van der Waals surface area contributed by atoms with E-state index in [4.69, 9.17) is 4.52 Å². The Labute approximate surface area is 154 Å². The molecular weight excluding hydrogens is 348 g/mol. The van der Waals surface area contributed by atoms with E-state index in [1.807, 2.05) is 24.4 Å². The second-order valence-corrected chi connectivity index (χ2v) is 6.99. The summed E-state index contributed by atoms with van der Waals surface area (Å²) >= 11 is 1.68. The van der Waals surface area contributed by atoms with Gasteiger partial charge in [0.15, 0.2) is 5.82 Å². The number of thiophene rings is 1. The maximum atomic E-state index is 12.2. The Morgan fingerprint density at radius 1 is 1.31 bits per heavy atom. The van der Waals surface area contributed by atoms with E-state index in [-0.39, 0.29) is 11.9 Å². The number of aromatic amines is 1. The highest BCUT2D eigenvalue weighted by Crippen LogP contribution is 2.32. The van der Waals surface area contributed by atoms with Crippen molar-refractivity contribution in [2.24, 2.45) is 0 Å².